The molecule has 120 valence electrons. The van der Waals surface area contributed by atoms with Crippen molar-refractivity contribution in [1.82, 2.24) is 15.2 Å². The zero-order chi connectivity index (χ0) is 15.0. The van der Waals surface area contributed by atoms with Gasteiger partial charge in [-0.15, -0.1) is 0 Å². The van der Waals surface area contributed by atoms with E-state index in [9.17, 15) is 0 Å². The lowest BCUT2D eigenvalue weighted by atomic mass is 9.61. The summed E-state index contributed by atoms with van der Waals surface area (Å²) in [5, 5.41) is 5.38. The SMILES string of the molecule is c1ccc2c3c([nH]c2c1)[C@@H]1[C@H]2CC[C@@H]([C@H]4CCCN[C@@H]24)N1CC3. The standard InChI is InChI=1S/C20H25N3/c1-2-6-16-12(4-1)13-9-11-23-17-8-7-15(20(23)19(13)22-16)18-14(17)5-3-10-21-18/h1-2,4,6,14-15,17-18,20-22H,3,5,7-11H2/t14-,15+,17+,18-,20+/m1/s1. The molecule has 2 N–H and O–H groups in total. The molecule has 7 rings (SSSR count). The summed E-state index contributed by atoms with van der Waals surface area (Å²) >= 11 is 0. The van der Waals surface area contributed by atoms with Gasteiger partial charge in [0, 0.05) is 35.2 Å². The number of benzene rings is 1. The zero-order valence-electron chi connectivity index (χ0n) is 13.6. The van der Waals surface area contributed by atoms with E-state index in [0.717, 1.165) is 23.9 Å². The first-order chi connectivity index (χ1) is 11.4. The van der Waals surface area contributed by atoms with Crippen LogP contribution in [0.2, 0.25) is 0 Å². The topological polar surface area (TPSA) is 31.1 Å². The molecule has 0 spiro atoms. The minimum absolute atomic E-state index is 0.636. The fraction of sp³-hybridized carbons (Fsp3) is 0.600. The Kier molecular flexibility index (Phi) is 2.61. The van der Waals surface area contributed by atoms with Gasteiger partial charge in [0.2, 0.25) is 0 Å². The van der Waals surface area contributed by atoms with Gasteiger partial charge in [0.25, 0.3) is 0 Å². The average molecular weight is 307 g/mol. The van der Waals surface area contributed by atoms with Crippen molar-refractivity contribution in [3.63, 3.8) is 0 Å². The Morgan fingerprint density at radius 3 is 3.00 bits per heavy atom. The summed E-state index contributed by atoms with van der Waals surface area (Å²) in [6.07, 6.45) is 6.89. The van der Waals surface area contributed by atoms with Crippen LogP contribution >= 0.6 is 0 Å². The summed E-state index contributed by atoms with van der Waals surface area (Å²) < 4.78 is 0. The number of fused-ring (bicyclic) bond motifs is 4. The number of hydrogen-bond acceptors (Lipinski definition) is 2. The molecule has 23 heavy (non-hydrogen) atoms. The van der Waals surface area contributed by atoms with Gasteiger partial charge < -0.3 is 10.3 Å². The fourth-order valence-corrected chi connectivity index (χ4v) is 6.48. The Morgan fingerprint density at radius 2 is 2.00 bits per heavy atom. The Bertz CT molecular complexity index is 763. The third kappa shape index (κ3) is 1.62. The van der Waals surface area contributed by atoms with E-state index in [1.54, 1.807) is 11.3 Å². The van der Waals surface area contributed by atoms with Gasteiger partial charge in [-0.05, 0) is 62.1 Å². The summed E-state index contributed by atoms with van der Waals surface area (Å²) in [4.78, 5) is 6.72. The molecule has 4 aliphatic heterocycles. The number of aromatic amines is 1. The van der Waals surface area contributed by atoms with E-state index in [-0.39, 0.29) is 0 Å². The summed E-state index contributed by atoms with van der Waals surface area (Å²) in [5.41, 5.74) is 4.51. The first-order valence-corrected chi connectivity index (χ1v) is 9.50. The number of rotatable bonds is 0. The molecular weight excluding hydrogens is 282 g/mol. The van der Waals surface area contributed by atoms with E-state index in [0.29, 0.717) is 6.04 Å². The number of hydrogen-bond donors (Lipinski definition) is 2. The highest BCUT2D eigenvalue weighted by Gasteiger charge is 2.55. The van der Waals surface area contributed by atoms with Crippen molar-refractivity contribution in [3.8, 4) is 0 Å². The van der Waals surface area contributed by atoms with E-state index < -0.39 is 0 Å². The molecule has 3 heteroatoms. The number of aromatic nitrogens is 1. The van der Waals surface area contributed by atoms with Gasteiger partial charge in [-0.25, -0.2) is 0 Å². The number of nitrogens with one attached hydrogen (secondary N) is 2. The fourth-order valence-electron chi connectivity index (χ4n) is 6.48. The van der Waals surface area contributed by atoms with Crippen molar-refractivity contribution in [2.24, 2.45) is 11.8 Å². The Morgan fingerprint density at radius 1 is 1.04 bits per heavy atom. The quantitative estimate of drug-likeness (QED) is 0.783. The Labute approximate surface area is 137 Å². The molecule has 1 aromatic carbocycles. The molecule has 5 heterocycles. The maximum absolute atomic E-state index is 3.91. The molecule has 1 aromatic heterocycles. The first-order valence-electron chi connectivity index (χ1n) is 9.50. The van der Waals surface area contributed by atoms with Crippen molar-refractivity contribution >= 4 is 10.9 Å². The lowest BCUT2D eigenvalue weighted by Crippen LogP contribution is -2.67. The highest BCUT2D eigenvalue weighted by Crippen LogP contribution is 2.54. The molecule has 3 saturated heterocycles. The summed E-state index contributed by atoms with van der Waals surface area (Å²) in [5.74, 6) is 1.71. The van der Waals surface area contributed by atoms with Gasteiger partial charge in [0.15, 0.2) is 0 Å². The second-order valence-corrected chi connectivity index (χ2v) is 8.09. The molecule has 1 saturated carbocycles. The zero-order valence-corrected chi connectivity index (χ0v) is 13.6. The lowest BCUT2D eigenvalue weighted by Gasteiger charge is -2.61. The molecule has 5 atom stereocenters. The Hall–Kier alpha value is -1.32. The van der Waals surface area contributed by atoms with E-state index in [4.69, 9.17) is 0 Å². The van der Waals surface area contributed by atoms with Gasteiger partial charge in [-0.3, -0.25) is 4.90 Å². The second-order valence-electron chi connectivity index (χ2n) is 8.09. The number of para-hydroxylation sites is 1. The van der Waals surface area contributed by atoms with E-state index in [1.165, 1.54) is 56.1 Å². The summed E-state index contributed by atoms with van der Waals surface area (Å²) in [7, 11) is 0. The van der Waals surface area contributed by atoms with Crippen molar-refractivity contribution in [2.45, 2.75) is 50.2 Å². The minimum Gasteiger partial charge on any atom is -0.357 e. The predicted molar refractivity (Wildman–Crippen MR) is 92.5 cm³/mol. The van der Waals surface area contributed by atoms with Crippen LogP contribution in [0.1, 0.15) is 43.0 Å². The highest BCUT2D eigenvalue weighted by atomic mass is 15.3. The molecule has 2 aromatic rings. The monoisotopic (exact) mass is 307 g/mol. The van der Waals surface area contributed by atoms with Crippen LogP contribution in [0.25, 0.3) is 10.9 Å². The molecule has 2 bridgehead atoms. The third-order valence-electron chi connectivity index (χ3n) is 7.26. The van der Waals surface area contributed by atoms with Gasteiger partial charge >= 0.3 is 0 Å². The maximum atomic E-state index is 3.91. The van der Waals surface area contributed by atoms with Crippen molar-refractivity contribution in [3.05, 3.63) is 35.5 Å². The molecule has 0 radical (unpaired) electrons. The van der Waals surface area contributed by atoms with Crippen LogP contribution < -0.4 is 5.32 Å². The largest absolute Gasteiger partial charge is 0.357 e. The number of piperidine rings is 3. The molecule has 4 fully saturated rings. The Balaban J connectivity index is 1.50. The molecule has 1 aliphatic carbocycles. The number of H-pyrrole nitrogens is 1. The van der Waals surface area contributed by atoms with Crippen LogP contribution in [-0.2, 0) is 6.42 Å². The molecular formula is C20H25N3. The maximum Gasteiger partial charge on any atom is 0.0547 e. The number of nitrogens with zero attached hydrogens (tertiary/aromatic N) is 1. The van der Waals surface area contributed by atoms with Crippen molar-refractivity contribution in [1.29, 1.82) is 0 Å². The third-order valence-corrected chi connectivity index (χ3v) is 7.26. The van der Waals surface area contributed by atoms with Crippen LogP contribution in [-0.4, -0.2) is 35.1 Å². The first kappa shape index (κ1) is 13.0. The lowest BCUT2D eigenvalue weighted by molar-refractivity contribution is -0.0920. The molecule has 0 amide bonds. The molecule has 3 nitrogen and oxygen atoms in total. The minimum atomic E-state index is 0.636. The van der Waals surface area contributed by atoms with Crippen molar-refractivity contribution in [2.75, 3.05) is 13.1 Å². The van der Waals surface area contributed by atoms with Crippen molar-refractivity contribution < 1.29 is 0 Å². The van der Waals surface area contributed by atoms with Crippen LogP contribution in [0, 0.1) is 11.8 Å². The average Bonchev–Trinajstić information content (AvgIpc) is 3.01. The van der Waals surface area contributed by atoms with Crippen LogP contribution in [0.4, 0.5) is 0 Å². The van der Waals surface area contributed by atoms with E-state index >= 15 is 0 Å². The van der Waals surface area contributed by atoms with Crippen LogP contribution in [0.15, 0.2) is 24.3 Å². The van der Waals surface area contributed by atoms with Gasteiger partial charge in [0.05, 0.1) is 6.04 Å². The van der Waals surface area contributed by atoms with Gasteiger partial charge in [-0.1, -0.05) is 18.2 Å². The molecule has 5 aliphatic rings. The second kappa shape index (κ2) is 4.61. The van der Waals surface area contributed by atoms with Crippen LogP contribution in [0.3, 0.4) is 0 Å². The van der Waals surface area contributed by atoms with E-state index in [2.05, 4.69) is 39.5 Å². The predicted octanol–water partition coefficient (Wildman–Crippen LogP) is 3.23. The van der Waals surface area contributed by atoms with Gasteiger partial charge in [0.1, 0.15) is 0 Å². The highest BCUT2D eigenvalue weighted by molar-refractivity contribution is 5.85. The smallest absolute Gasteiger partial charge is 0.0547 e. The van der Waals surface area contributed by atoms with Crippen LogP contribution in [0.5, 0.6) is 0 Å². The van der Waals surface area contributed by atoms with E-state index in [1.807, 2.05) is 0 Å². The normalized spacial score (nSPS) is 39.0. The molecule has 0 unspecified atom stereocenters. The van der Waals surface area contributed by atoms with Gasteiger partial charge in [-0.2, -0.15) is 0 Å². The summed E-state index contributed by atoms with van der Waals surface area (Å²) in [6.45, 7) is 2.50. The summed E-state index contributed by atoms with van der Waals surface area (Å²) in [6, 6.07) is 11.1.